The predicted molar refractivity (Wildman–Crippen MR) is 157 cm³/mol. The Morgan fingerprint density at radius 2 is 1.95 bits per heavy atom. The minimum absolute atomic E-state index is 0.110. The molecule has 17 heteroatoms. The molecule has 0 fully saturated rings. The molecule has 4 heterocycles. The lowest BCUT2D eigenvalue weighted by Gasteiger charge is -2.34. The Morgan fingerprint density at radius 1 is 1.18 bits per heavy atom. The Balaban J connectivity index is 1.50. The van der Waals surface area contributed by atoms with E-state index < -0.39 is 54.6 Å². The number of anilines is 2. The molecule has 1 aromatic carbocycles. The standard InChI is InChI=1S/C27H25N7O8S2/c1-16(2)8-12-33-24-18(5-3-10-29-24)22(35)21(26(33)36)23-31-19-15-17(6-7-20(19)43(38,39)32-23)25-30-11-13-34(44(25,40)41)27(37)42-14-4-9-28/h3,5-7,10-11,13,15-16,21H,4,8,12,14H2,1-2H3,(H,31,32). The number of ketones is 1. The van der Waals surface area contributed by atoms with Crippen molar-refractivity contribution < 1.29 is 36.0 Å². The van der Waals surface area contributed by atoms with Gasteiger partial charge >= 0.3 is 6.09 Å². The fourth-order valence-electron chi connectivity index (χ4n) is 4.66. The van der Waals surface area contributed by atoms with Crippen LogP contribution in [-0.4, -0.2) is 67.9 Å². The summed E-state index contributed by atoms with van der Waals surface area (Å²) in [6, 6.07) is 8.20. The number of fused-ring (bicyclic) bond motifs is 2. The van der Waals surface area contributed by atoms with Crippen molar-refractivity contribution in [2.75, 3.05) is 23.4 Å². The van der Waals surface area contributed by atoms with Crippen LogP contribution < -0.4 is 10.2 Å². The van der Waals surface area contributed by atoms with Crippen LogP contribution in [0.1, 0.15) is 42.6 Å². The number of benzene rings is 1. The molecule has 1 N–H and O–H groups in total. The Morgan fingerprint density at radius 3 is 2.68 bits per heavy atom. The normalized spacial score (nSPS) is 19.7. The van der Waals surface area contributed by atoms with Gasteiger partial charge < -0.3 is 10.1 Å². The van der Waals surface area contributed by atoms with Crippen LogP contribution in [0.4, 0.5) is 16.3 Å². The number of carbonyl (C=O) groups excluding carboxylic acids is 3. The van der Waals surface area contributed by atoms with Gasteiger partial charge in [-0.05, 0) is 36.6 Å². The third-order valence-corrected chi connectivity index (χ3v) is 9.76. The minimum atomic E-state index is -4.61. The van der Waals surface area contributed by atoms with Gasteiger partial charge in [-0.1, -0.05) is 19.9 Å². The van der Waals surface area contributed by atoms with Crippen molar-refractivity contribution in [2.45, 2.75) is 31.6 Å². The summed E-state index contributed by atoms with van der Waals surface area (Å²) in [7, 11) is -9.05. The van der Waals surface area contributed by atoms with Gasteiger partial charge in [0.15, 0.2) is 16.7 Å². The van der Waals surface area contributed by atoms with Gasteiger partial charge in [-0.25, -0.2) is 14.8 Å². The van der Waals surface area contributed by atoms with Gasteiger partial charge in [-0.15, -0.1) is 4.40 Å². The van der Waals surface area contributed by atoms with E-state index in [1.165, 1.54) is 29.3 Å². The highest BCUT2D eigenvalue weighted by atomic mass is 32.2. The highest BCUT2D eigenvalue weighted by Gasteiger charge is 2.45. The molecule has 1 unspecified atom stereocenters. The second-order valence-electron chi connectivity index (χ2n) is 10.2. The van der Waals surface area contributed by atoms with E-state index in [1.54, 1.807) is 6.07 Å². The molecule has 0 radical (unpaired) electrons. The monoisotopic (exact) mass is 639 g/mol. The average molecular weight is 640 g/mol. The number of carbonyl (C=O) groups is 3. The van der Waals surface area contributed by atoms with Crippen molar-refractivity contribution in [3.63, 3.8) is 0 Å². The summed E-state index contributed by atoms with van der Waals surface area (Å²) in [5.74, 6) is -3.11. The summed E-state index contributed by atoms with van der Waals surface area (Å²) in [5.41, 5.74) is -0.144. The molecule has 3 aliphatic rings. The fraction of sp³-hybridized carbons (Fsp3) is 0.296. The van der Waals surface area contributed by atoms with Crippen LogP contribution in [0, 0.1) is 23.2 Å². The molecule has 0 spiro atoms. The topological polar surface area (TPSA) is 209 Å². The summed E-state index contributed by atoms with van der Waals surface area (Å²) in [5, 5.41) is 10.8. The second kappa shape index (κ2) is 11.6. The molecule has 228 valence electrons. The van der Waals surface area contributed by atoms with Crippen molar-refractivity contribution in [2.24, 2.45) is 21.2 Å². The Bertz CT molecular complexity index is 1930. The molecule has 1 atom stereocenters. The summed E-state index contributed by atoms with van der Waals surface area (Å²) >= 11 is 0. The van der Waals surface area contributed by atoms with Gasteiger partial charge in [-0.3, -0.25) is 14.5 Å². The lowest BCUT2D eigenvalue weighted by Crippen LogP contribution is -2.51. The van der Waals surface area contributed by atoms with Crippen molar-refractivity contribution >= 4 is 60.2 Å². The van der Waals surface area contributed by atoms with E-state index in [0.29, 0.717) is 10.7 Å². The number of amidine groups is 1. The zero-order chi connectivity index (χ0) is 31.8. The van der Waals surface area contributed by atoms with Crippen LogP contribution in [0.25, 0.3) is 0 Å². The number of Topliss-reactive ketones (excluding diaryl/α,β-unsaturated/α-hetero) is 1. The maximum absolute atomic E-state index is 13.7. The van der Waals surface area contributed by atoms with Crippen LogP contribution in [0.3, 0.4) is 0 Å². The minimum Gasteiger partial charge on any atom is -0.447 e. The van der Waals surface area contributed by atoms with Crippen LogP contribution in [0.2, 0.25) is 0 Å². The summed E-state index contributed by atoms with van der Waals surface area (Å²) in [6.07, 6.45) is 2.53. The molecule has 0 bridgehead atoms. The Kier molecular flexibility index (Phi) is 8.05. The number of rotatable bonds is 7. The molecule has 0 saturated heterocycles. The van der Waals surface area contributed by atoms with Gasteiger partial charge in [-0.2, -0.15) is 26.4 Å². The first-order chi connectivity index (χ1) is 20.9. The van der Waals surface area contributed by atoms with Gasteiger partial charge in [0.05, 0.1) is 23.7 Å². The van der Waals surface area contributed by atoms with Gasteiger partial charge in [0.25, 0.3) is 20.0 Å². The Labute approximate surface area is 252 Å². The summed E-state index contributed by atoms with van der Waals surface area (Å²) in [4.78, 5) is 48.8. The number of ether oxygens (including phenoxy) is 1. The van der Waals surface area contributed by atoms with Crippen LogP contribution in [0.15, 0.2) is 63.2 Å². The molecule has 0 saturated carbocycles. The molecule has 0 aliphatic carbocycles. The molecular formula is C27H25N7O8S2. The summed E-state index contributed by atoms with van der Waals surface area (Å²) in [6.45, 7) is 3.83. The molecule has 3 aliphatic heterocycles. The maximum atomic E-state index is 13.7. The number of aromatic nitrogens is 1. The van der Waals surface area contributed by atoms with E-state index in [9.17, 15) is 31.2 Å². The third-order valence-electron chi connectivity index (χ3n) is 6.79. The van der Waals surface area contributed by atoms with Gasteiger partial charge in [0, 0.05) is 30.7 Å². The second-order valence-corrected chi connectivity index (χ2v) is 13.5. The molecule has 44 heavy (non-hydrogen) atoms. The van der Waals surface area contributed by atoms with Crippen molar-refractivity contribution in [3.05, 3.63) is 60.1 Å². The maximum Gasteiger partial charge on any atom is 0.428 e. The number of sulfonamides is 2. The fourth-order valence-corrected chi connectivity index (χ4v) is 7.06. The smallest absolute Gasteiger partial charge is 0.428 e. The third kappa shape index (κ3) is 5.44. The van der Waals surface area contributed by atoms with Gasteiger partial charge in [0.2, 0.25) is 5.91 Å². The van der Waals surface area contributed by atoms with E-state index in [-0.39, 0.29) is 53.0 Å². The van der Waals surface area contributed by atoms with Crippen molar-refractivity contribution in [1.82, 2.24) is 9.29 Å². The van der Waals surface area contributed by atoms with Gasteiger partial charge in [0.1, 0.15) is 23.2 Å². The van der Waals surface area contributed by atoms with Crippen LogP contribution in [0.5, 0.6) is 0 Å². The molecule has 5 rings (SSSR count). The van der Waals surface area contributed by atoms with Crippen LogP contribution in [-0.2, 0) is 29.6 Å². The molecular weight excluding hydrogens is 614 g/mol. The van der Waals surface area contributed by atoms with E-state index >= 15 is 0 Å². The SMILES string of the molecule is CC(C)CCN1C(=O)C(C2=NS(=O)(=O)c3ccc(C4=NC=CN(C(=O)OCCC#N)S4(=O)=O)cc3N2)C(=O)c2cccnc21. The first kappa shape index (κ1) is 30.5. The number of nitrogens with zero attached hydrogens (tertiary/aromatic N) is 6. The molecule has 2 amide bonds. The highest BCUT2D eigenvalue weighted by molar-refractivity contribution is 8.05. The lowest BCUT2D eigenvalue weighted by atomic mass is 9.90. The van der Waals surface area contributed by atoms with Crippen molar-refractivity contribution in [3.8, 4) is 6.07 Å². The average Bonchev–Trinajstić information content (AvgIpc) is 2.96. The largest absolute Gasteiger partial charge is 0.447 e. The lowest BCUT2D eigenvalue weighted by molar-refractivity contribution is -0.119. The number of hydrogen-bond donors (Lipinski definition) is 1. The van der Waals surface area contributed by atoms with Crippen LogP contribution >= 0.6 is 0 Å². The molecule has 1 aromatic heterocycles. The highest BCUT2D eigenvalue weighted by Crippen LogP contribution is 2.35. The summed E-state index contributed by atoms with van der Waals surface area (Å²) < 4.78 is 61.9. The zero-order valence-electron chi connectivity index (χ0n) is 23.4. The number of pyridine rings is 1. The number of amides is 2. The number of nitrogens with one attached hydrogen (secondary N) is 1. The number of hydrogen-bond acceptors (Lipinski definition) is 12. The first-order valence-electron chi connectivity index (χ1n) is 13.3. The molecule has 15 nitrogen and oxygen atoms in total. The first-order valence-corrected chi connectivity index (χ1v) is 16.1. The predicted octanol–water partition coefficient (Wildman–Crippen LogP) is 2.40. The number of aliphatic imine (C=N–C) groups is 1. The number of nitriles is 1. The Hall–Kier alpha value is -4.95. The quantitative estimate of drug-likeness (QED) is 0.343. The van der Waals surface area contributed by atoms with E-state index in [4.69, 9.17) is 10.00 Å². The van der Waals surface area contributed by atoms with E-state index in [0.717, 1.165) is 24.5 Å². The van der Waals surface area contributed by atoms with Crippen molar-refractivity contribution in [1.29, 1.82) is 5.26 Å². The van der Waals surface area contributed by atoms with E-state index in [1.807, 2.05) is 13.8 Å². The van der Waals surface area contributed by atoms with E-state index in [2.05, 4.69) is 19.7 Å². The zero-order valence-corrected chi connectivity index (χ0v) is 25.0. The molecule has 2 aromatic rings.